The predicted molar refractivity (Wildman–Crippen MR) is 83.1 cm³/mol. The molecule has 1 aromatic carbocycles. The van der Waals surface area contributed by atoms with Crippen molar-refractivity contribution in [1.82, 2.24) is 4.90 Å². The van der Waals surface area contributed by atoms with E-state index in [4.69, 9.17) is 4.74 Å². The van der Waals surface area contributed by atoms with Gasteiger partial charge in [-0.1, -0.05) is 18.2 Å². The van der Waals surface area contributed by atoms with E-state index in [1.54, 1.807) is 4.90 Å². The molecule has 1 aromatic rings. The third-order valence-corrected chi connectivity index (χ3v) is 4.29. The van der Waals surface area contributed by atoms with Gasteiger partial charge in [-0.25, -0.2) is 0 Å². The van der Waals surface area contributed by atoms with Crippen molar-refractivity contribution < 1.29 is 14.3 Å². The fourth-order valence-corrected chi connectivity index (χ4v) is 3.06. The molecular weight excluding hydrogens is 278 g/mol. The van der Waals surface area contributed by atoms with Crippen LogP contribution in [0.15, 0.2) is 42.2 Å². The van der Waals surface area contributed by atoms with Gasteiger partial charge in [0.2, 0.25) is 0 Å². The van der Waals surface area contributed by atoms with Crippen molar-refractivity contribution in [1.29, 1.82) is 0 Å². The molecule has 1 unspecified atom stereocenters. The molecule has 1 atom stereocenters. The fourth-order valence-electron chi connectivity index (χ4n) is 3.06. The molecule has 1 aliphatic heterocycles. The van der Waals surface area contributed by atoms with Gasteiger partial charge in [0.25, 0.3) is 5.91 Å². The maximum atomic E-state index is 12.5. The van der Waals surface area contributed by atoms with Crippen LogP contribution in [0.2, 0.25) is 0 Å². The Morgan fingerprint density at radius 3 is 2.68 bits per heavy atom. The number of amides is 1. The number of rotatable bonds is 3. The number of likely N-dealkylation sites (tertiary alicyclic amines) is 1. The largest absolute Gasteiger partial charge is 0.431 e. The summed E-state index contributed by atoms with van der Waals surface area (Å²) in [6, 6.07) is 9.23. The molecule has 0 radical (unpaired) electrons. The molecule has 0 bridgehead atoms. The summed E-state index contributed by atoms with van der Waals surface area (Å²) in [4.78, 5) is 26.5. The molecule has 0 spiro atoms. The lowest BCUT2D eigenvalue weighted by Gasteiger charge is -2.31. The fraction of sp³-hybridized carbons (Fsp3) is 0.444. The van der Waals surface area contributed by atoms with E-state index in [2.05, 4.69) is 0 Å². The number of hydrogen-bond donors (Lipinski definition) is 0. The third-order valence-electron chi connectivity index (χ3n) is 4.29. The normalized spacial score (nSPS) is 21.4. The monoisotopic (exact) mass is 299 g/mol. The van der Waals surface area contributed by atoms with Gasteiger partial charge in [0.1, 0.15) is 5.76 Å². The SMILES string of the molecule is O=C(OC1=CCCC1)C1CCCN(C(=O)c2ccccc2)C1. The van der Waals surface area contributed by atoms with Crippen LogP contribution in [-0.4, -0.2) is 29.9 Å². The van der Waals surface area contributed by atoms with Crippen molar-refractivity contribution in [3.63, 3.8) is 0 Å². The standard InChI is InChI=1S/C18H21NO3/c20-17(14-7-2-1-3-8-14)19-12-6-9-15(13-19)18(21)22-16-10-4-5-11-16/h1-3,7-8,10,15H,4-6,9,11-13H2. The maximum Gasteiger partial charge on any atom is 0.315 e. The van der Waals surface area contributed by atoms with Gasteiger partial charge in [-0.15, -0.1) is 0 Å². The Balaban J connectivity index is 1.61. The highest BCUT2D eigenvalue weighted by atomic mass is 16.5. The molecule has 1 fully saturated rings. The molecule has 1 aliphatic carbocycles. The number of ether oxygens (including phenoxy) is 1. The van der Waals surface area contributed by atoms with E-state index >= 15 is 0 Å². The van der Waals surface area contributed by atoms with Crippen molar-refractivity contribution in [3.05, 3.63) is 47.7 Å². The van der Waals surface area contributed by atoms with Crippen molar-refractivity contribution in [2.45, 2.75) is 32.1 Å². The van der Waals surface area contributed by atoms with E-state index in [1.165, 1.54) is 0 Å². The summed E-state index contributed by atoms with van der Waals surface area (Å²) in [7, 11) is 0. The minimum atomic E-state index is -0.206. The lowest BCUT2D eigenvalue weighted by atomic mass is 9.97. The predicted octanol–water partition coefficient (Wildman–Crippen LogP) is 3.15. The van der Waals surface area contributed by atoms with Gasteiger partial charge in [0.05, 0.1) is 5.92 Å². The van der Waals surface area contributed by atoms with Crippen LogP contribution in [0.5, 0.6) is 0 Å². The average molecular weight is 299 g/mol. The molecule has 1 amide bonds. The molecule has 22 heavy (non-hydrogen) atoms. The summed E-state index contributed by atoms with van der Waals surface area (Å²) in [6.45, 7) is 1.17. The van der Waals surface area contributed by atoms with Gasteiger partial charge in [0, 0.05) is 25.1 Å². The number of esters is 1. The van der Waals surface area contributed by atoms with Crippen LogP contribution < -0.4 is 0 Å². The lowest BCUT2D eigenvalue weighted by Crippen LogP contribution is -2.42. The summed E-state index contributed by atoms with van der Waals surface area (Å²) in [5.41, 5.74) is 0.676. The number of benzene rings is 1. The molecule has 4 heteroatoms. The number of carbonyl (C=O) groups is 2. The topological polar surface area (TPSA) is 46.6 Å². The average Bonchev–Trinajstić information content (AvgIpc) is 3.08. The molecule has 3 rings (SSSR count). The minimum Gasteiger partial charge on any atom is -0.431 e. The number of carbonyl (C=O) groups excluding carboxylic acids is 2. The second kappa shape index (κ2) is 6.77. The third kappa shape index (κ3) is 3.38. The number of allylic oxidation sites excluding steroid dienone is 2. The molecule has 1 heterocycles. The van der Waals surface area contributed by atoms with Gasteiger partial charge in [-0.05, 0) is 43.9 Å². The van der Waals surface area contributed by atoms with Crippen molar-refractivity contribution in [3.8, 4) is 0 Å². The van der Waals surface area contributed by atoms with Crippen molar-refractivity contribution in [2.24, 2.45) is 5.92 Å². The van der Waals surface area contributed by atoms with Crippen LogP contribution in [0.4, 0.5) is 0 Å². The molecule has 0 aromatic heterocycles. The zero-order valence-corrected chi connectivity index (χ0v) is 12.7. The molecule has 0 N–H and O–H groups in total. The van der Waals surface area contributed by atoms with Gasteiger partial charge in [-0.2, -0.15) is 0 Å². The highest BCUT2D eigenvalue weighted by Crippen LogP contribution is 2.24. The Hall–Kier alpha value is -2.10. The van der Waals surface area contributed by atoms with Crippen LogP contribution in [0.3, 0.4) is 0 Å². The summed E-state index contributed by atoms with van der Waals surface area (Å²) in [5.74, 6) is 0.413. The smallest absolute Gasteiger partial charge is 0.315 e. The molecule has 4 nitrogen and oxygen atoms in total. The summed E-state index contributed by atoms with van der Waals surface area (Å²) in [5, 5.41) is 0. The zero-order valence-electron chi connectivity index (χ0n) is 12.7. The lowest BCUT2D eigenvalue weighted by molar-refractivity contribution is -0.145. The first-order valence-corrected chi connectivity index (χ1v) is 7.99. The van der Waals surface area contributed by atoms with Crippen LogP contribution in [-0.2, 0) is 9.53 Å². The van der Waals surface area contributed by atoms with Gasteiger partial charge in [-0.3, -0.25) is 9.59 Å². The van der Waals surface area contributed by atoms with E-state index < -0.39 is 0 Å². The van der Waals surface area contributed by atoms with Crippen LogP contribution in [0, 0.1) is 5.92 Å². The van der Waals surface area contributed by atoms with E-state index in [0.717, 1.165) is 37.9 Å². The van der Waals surface area contributed by atoms with Gasteiger partial charge < -0.3 is 9.64 Å². The Morgan fingerprint density at radius 1 is 1.14 bits per heavy atom. The molecular formula is C18H21NO3. The first-order chi connectivity index (χ1) is 10.7. The Labute approximate surface area is 130 Å². The van der Waals surface area contributed by atoms with Crippen LogP contribution in [0.25, 0.3) is 0 Å². The number of piperidine rings is 1. The molecule has 1 saturated heterocycles. The second-order valence-corrected chi connectivity index (χ2v) is 5.94. The van der Waals surface area contributed by atoms with Crippen molar-refractivity contribution in [2.75, 3.05) is 13.1 Å². The summed E-state index contributed by atoms with van der Waals surface area (Å²) in [6.07, 6.45) is 6.54. The van der Waals surface area contributed by atoms with E-state index in [-0.39, 0.29) is 17.8 Å². The van der Waals surface area contributed by atoms with E-state index in [0.29, 0.717) is 18.7 Å². The molecule has 0 saturated carbocycles. The quantitative estimate of drug-likeness (QED) is 0.806. The van der Waals surface area contributed by atoms with Crippen LogP contribution >= 0.6 is 0 Å². The molecule has 2 aliphatic rings. The minimum absolute atomic E-state index is 0.00168. The van der Waals surface area contributed by atoms with E-state index in [9.17, 15) is 9.59 Å². The van der Waals surface area contributed by atoms with Gasteiger partial charge in [0.15, 0.2) is 0 Å². The van der Waals surface area contributed by atoms with E-state index in [1.807, 2.05) is 36.4 Å². The number of nitrogens with zero attached hydrogens (tertiary/aromatic N) is 1. The highest BCUT2D eigenvalue weighted by molar-refractivity contribution is 5.94. The summed E-state index contributed by atoms with van der Waals surface area (Å²) < 4.78 is 5.47. The Bertz CT molecular complexity index is 579. The zero-order chi connectivity index (χ0) is 15.4. The van der Waals surface area contributed by atoms with Crippen LogP contribution in [0.1, 0.15) is 42.5 Å². The molecule has 116 valence electrons. The first-order valence-electron chi connectivity index (χ1n) is 7.99. The van der Waals surface area contributed by atoms with Crippen molar-refractivity contribution >= 4 is 11.9 Å². The maximum absolute atomic E-state index is 12.5. The first kappa shape index (κ1) is 14.8. The second-order valence-electron chi connectivity index (χ2n) is 5.94. The highest BCUT2D eigenvalue weighted by Gasteiger charge is 2.30. The Kier molecular flexibility index (Phi) is 4.56. The van der Waals surface area contributed by atoms with Gasteiger partial charge >= 0.3 is 5.97 Å². The Morgan fingerprint density at radius 2 is 1.95 bits per heavy atom. The number of hydrogen-bond acceptors (Lipinski definition) is 3. The summed E-state index contributed by atoms with van der Waals surface area (Å²) >= 11 is 0.